The summed E-state index contributed by atoms with van der Waals surface area (Å²) in [5, 5.41) is 10.8. The Morgan fingerprint density at radius 3 is 2.50 bits per heavy atom. The Labute approximate surface area is 182 Å². The van der Waals surface area contributed by atoms with Crippen LogP contribution in [0, 0.1) is 0 Å². The van der Waals surface area contributed by atoms with Crippen LogP contribution in [0.15, 0.2) is 46.9 Å². The van der Waals surface area contributed by atoms with Gasteiger partial charge < -0.3 is 10.4 Å². The summed E-state index contributed by atoms with van der Waals surface area (Å²) in [4.78, 5) is 11.3. The van der Waals surface area contributed by atoms with E-state index in [1.165, 1.54) is 34.0 Å². The van der Waals surface area contributed by atoms with Crippen molar-refractivity contribution in [3.63, 3.8) is 0 Å². The second-order valence-electron chi connectivity index (χ2n) is 7.68. The van der Waals surface area contributed by atoms with Crippen LogP contribution in [0.4, 0.5) is 13.2 Å². The SMILES string of the molecule is CN1Cc2ccccc2C1CNCc1cc(Br)ccc1C1CC1.O=C(O)C(F)(F)F. The first kappa shape index (κ1) is 22.8. The zero-order valence-corrected chi connectivity index (χ0v) is 18.1. The Morgan fingerprint density at radius 2 is 1.87 bits per heavy atom. The average molecular weight is 485 g/mol. The standard InChI is InChI=1S/C20H23BrN2.C2HF3O2/c1-23-13-15-4-2-3-5-19(15)20(23)12-22-11-16-10-17(21)8-9-18(16)14-6-7-14;3-2(4,5)1(6)7/h2-5,8-10,14,20,22H,6-7,11-13H2,1H3;(H,6,7). The summed E-state index contributed by atoms with van der Waals surface area (Å²) >= 11 is 3.62. The van der Waals surface area contributed by atoms with Crippen LogP contribution in [-0.4, -0.2) is 35.7 Å². The van der Waals surface area contributed by atoms with E-state index >= 15 is 0 Å². The molecule has 1 aliphatic carbocycles. The summed E-state index contributed by atoms with van der Waals surface area (Å²) in [6.07, 6.45) is -2.37. The van der Waals surface area contributed by atoms with E-state index in [1.54, 1.807) is 5.56 Å². The molecule has 1 fully saturated rings. The minimum atomic E-state index is -5.08. The minimum absolute atomic E-state index is 0.489. The predicted molar refractivity (Wildman–Crippen MR) is 112 cm³/mol. The number of likely N-dealkylation sites (N-methyl/N-ethyl adjacent to an activating group) is 1. The van der Waals surface area contributed by atoms with Gasteiger partial charge in [0.2, 0.25) is 0 Å². The van der Waals surface area contributed by atoms with Gasteiger partial charge in [-0.25, -0.2) is 4.79 Å². The lowest BCUT2D eigenvalue weighted by atomic mass is 10.0. The highest BCUT2D eigenvalue weighted by atomic mass is 79.9. The number of aliphatic carboxylic acids is 1. The number of carbonyl (C=O) groups is 1. The minimum Gasteiger partial charge on any atom is -0.475 e. The highest BCUT2D eigenvalue weighted by Crippen LogP contribution is 2.42. The van der Waals surface area contributed by atoms with Crippen molar-refractivity contribution < 1.29 is 23.1 Å². The van der Waals surface area contributed by atoms with Gasteiger partial charge in [-0.3, -0.25) is 4.90 Å². The molecule has 2 aromatic rings. The predicted octanol–water partition coefficient (Wildman–Crippen LogP) is 5.24. The molecule has 8 heteroatoms. The van der Waals surface area contributed by atoms with Gasteiger partial charge in [0, 0.05) is 30.1 Å². The molecular weight excluding hydrogens is 461 g/mol. The fourth-order valence-electron chi connectivity index (χ4n) is 3.75. The lowest BCUT2D eigenvalue weighted by molar-refractivity contribution is -0.192. The summed E-state index contributed by atoms with van der Waals surface area (Å²) in [5.74, 6) is -1.96. The lowest BCUT2D eigenvalue weighted by Gasteiger charge is -2.21. The first-order valence-corrected chi connectivity index (χ1v) is 10.5. The molecule has 0 amide bonds. The first-order valence-electron chi connectivity index (χ1n) is 9.74. The summed E-state index contributed by atoms with van der Waals surface area (Å²) in [6, 6.07) is 16.1. The van der Waals surface area contributed by atoms with Crippen LogP contribution >= 0.6 is 15.9 Å². The van der Waals surface area contributed by atoms with Gasteiger partial charge in [0.25, 0.3) is 0 Å². The number of hydrogen-bond acceptors (Lipinski definition) is 3. The second-order valence-corrected chi connectivity index (χ2v) is 8.60. The largest absolute Gasteiger partial charge is 0.490 e. The molecule has 0 bridgehead atoms. The van der Waals surface area contributed by atoms with Gasteiger partial charge in [-0.15, -0.1) is 0 Å². The van der Waals surface area contributed by atoms with E-state index in [4.69, 9.17) is 9.90 Å². The van der Waals surface area contributed by atoms with Crippen LogP contribution in [0.25, 0.3) is 0 Å². The fraction of sp³-hybridized carbons (Fsp3) is 0.409. The van der Waals surface area contributed by atoms with Gasteiger partial charge in [-0.1, -0.05) is 46.3 Å². The molecule has 4 rings (SSSR count). The van der Waals surface area contributed by atoms with Crippen LogP contribution in [0.3, 0.4) is 0 Å². The lowest BCUT2D eigenvalue weighted by Crippen LogP contribution is -2.28. The highest BCUT2D eigenvalue weighted by Gasteiger charge is 2.38. The molecular formula is C22H24BrF3N2O2. The first-order chi connectivity index (χ1) is 14.2. The third-order valence-electron chi connectivity index (χ3n) is 5.38. The van der Waals surface area contributed by atoms with Crippen molar-refractivity contribution in [2.45, 2.75) is 44.1 Å². The van der Waals surface area contributed by atoms with Gasteiger partial charge in [0.1, 0.15) is 0 Å². The number of halogens is 4. The van der Waals surface area contributed by atoms with Gasteiger partial charge in [0.05, 0.1) is 0 Å². The zero-order chi connectivity index (χ0) is 21.9. The van der Waals surface area contributed by atoms with Gasteiger partial charge >= 0.3 is 12.1 Å². The number of alkyl halides is 3. The second kappa shape index (κ2) is 9.49. The normalized spacial score (nSPS) is 18.5. The molecule has 30 heavy (non-hydrogen) atoms. The summed E-state index contributed by atoms with van der Waals surface area (Å²) in [7, 11) is 2.22. The summed E-state index contributed by atoms with van der Waals surface area (Å²) in [6.45, 7) is 3.02. The molecule has 0 aromatic heterocycles. The maximum atomic E-state index is 10.6. The van der Waals surface area contributed by atoms with Crippen LogP contribution in [-0.2, 0) is 17.9 Å². The third-order valence-corrected chi connectivity index (χ3v) is 5.88. The Bertz CT molecular complexity index is 900. The van der Waals surface area contributed by atoms with E-state index in [1.807, 2.05) is 0 Å². The molecule has 1 saturated carbocycles. The number of carboxylic acid groups (broad SMARTS) is 1. The van der Waals surface area contributed by atoms with E-state index in [0.29, 0.717) is 6.04 Å². The van der Waals surface area contributed by atoms with Crippen molar-refractivity contribution in [2.24, 2.45) is 0 Å². The van der Waals surface area contributed by atoms with Crippen molar-refractivity contribution in [3.8, 4) is 0 Å². The topological polar surface area (TPSA) is 52.6 Å². The van der Waals surface area contributed by atoms with Crippen molar-refractivity contribution in [2.75, 3.05) is 13.6 Å². The number of carboxylic acids is 1. The van der Waals surface area contributed by atoms with Crippen molar-refractivity contribution in [1.82, 2.24) is 10.2 Å². The molecule has 0 radical (unpaired) electrons. The number of nitrogens with zero attached hydrogens (tertiary/aromatic N) is 1. The molecule has 2 aliphatic rings. The Morgan fingerprint density at radius 1 is 1.20 bits per heavy atom. The number of hydrogen-bond donors (Lipinski definition) is 2. The van der Waals surface area contributed by atoms with E-state index < -0.39 is 12.1 Å². The fourth-order valence-corrected chi connectivity index (χ4v) is 4.16. The van der Waals surface area contributed by atoms with Crippen LogP contribution in [0.5, 0.6) is 0 Å². The third kappa shape index (κ3) is 5.83. The number of rotatable bonds is 5. The highest BCUT2D eigenvalue weighted by molar-refractivity contribution is 9.10. The van der Waals surface area contributed by atoms with E-state index in [9.17, 15) is 13.2 Å². The molecule has 1 unspecified atom stereocenters. The number of benzene rings is 2. The van der Waals surface area contributed by atoms with Crippen molar-refractivity contribution in [3.05, 3.63) is 69.2 Å². The van der Waals surface area contributed by atoms with Crippen LogP contribution < -0.4 is 5.32 Å². The van der Waals surface area contributed by atoms with E-state index in [-0.39, 0.29) is 0 Å². The van der Waals surface area contributed by atoms with E-state index in [2.05, 4.69) is 75.7 Å². The van der Waals surface area contributed by atoms with Crippen molar-refractivity contribution in [1.29, 1.82) is 0 Å². The molecule has 0 spiro atoms. The van der Waals surface area contributed by atoms with Crippen LogP contribution in [0.1, 0.15) is 47.1 Å². The summed E-state index contributed by atoms with van der Waals surface area (Å²) < 4.78 is 32.9. The zero-order valence-electron chi connectivity index (χ0n) is 16.5. The molecule has 2 aromatic carbocycles. The number of nitrogens with one attached hydrogen (secondary N) is 1. The maximum absolute atomic E-state index is 10.6. The molecule has 1 aliphatic heterocycles. The molecule has 162 valence electrons. The Kier molecular flexibility index (Phi) is 7.21. The average Bonchev–Trinajstić information content (AvgIpc) is 3.46. The van der Waals surface area contributed by atoms with Gasteiger partial charge in [0.15, 0.2) is 0 Å². The maximum Gasteiger partial charge on any atom is 0.490 e. The monoisotopic (exact) mass is 484 g/mol. The summed E-state index contributed by atoms with van der Waals surface area (Å²) in [5.41, 5.74) is 5.96. The van der Waals surface area contributed by atoms with Crippen molar-refractivity contribution >= 4 is 21.9 Å². The smallest absolute Gasteiger partial charge is 0.475 e. The molecule has 1 heterocycles. The van der Waals surface area contributed by atoms with Crippen LogP contribution in [0.2, 0.25) is 0 Å². The van der Waals surface area contributed by atoms with Gasteiger partial charge in [-0.2, -0.15) is 13.2 Å². The number of fused-ring (bicyclic) bond motifs is 1. The Balaban J connectivity index is 0.000000318. The molecule has 2 N–H and O–H groups in total. The quantitative estimate of drug-likeness (QED) is 0.609. The van der Waals surface area contributed by atoms with Gasteiger partial charge in [-0.05, 0) is 60.2 Å². The Hall–Kier alpha value is -1.90. The van der Waals surface area contributed by atoms with E-state index in [0.717, 1.165) is 25.6 Å². The molecule has 0 saturated heterocycles. The molecule has 4 nitrogen and oxygen atoms in total. The molecule has 1 atom stereocenters.